The molecule has 1 N–H and O–H groups in total. The Bertz CT molecular complexity index is 944. The van der Waals surface area contributed by atoms with Crippen LogP contribution in [0.4, 0.5) is 4.39 Å². The minimum Gasteiger partial charge on any atom is -0.493 e. The van der Waals surface area contributed by atoms with E-state index in [1.165, 1.54) is 12.1 Å². The van der Waals surface area contributed by atoms with Gasteiger partial charge in [-0.2, -0.15) is 4.80 Å². The first-order valence-electron chi connectivity index (χ1n) is 8.10. The quantitative estimate of drug-likeness (QED) is 0.681. The summed E-state index contributed by atoms with van der Waals surface area (Å²) in [6.07, 6.45) is 0. The highest BCUT2D eigenvalue weighted by molar-refractivity contribution is 5.75. The Balaban J connectivity index is 1.59. The smallest absolute Gasteiger partial charge is 0.243 e. The molecule has 0 spiro atoms. The van der Waals surface area contributed by atoms with E-state index in [1.54, 1.807) is 38.5 Å². The Morgan fingerprint density at radius 1 is 1.15 bits per heavy atom. The second kappa shape index (κ2) is 8.26. The SMILES string of the molecule is COc1ccc(CNC(=O)Cn2nnc(-c3cccc(F)c3)n2)cc1OC. The van der Waals surface area contributed by atoms with Crippen LogP contribution in [-0.4, -0.2) is 40.3 Å². The zero-order chi connectivity index (χ0) is 19.2. The molecule has 3 rings (SSSR count). The van der Waals surface area contributed by atoms with Gasteiger partial charge in [-0.15, -0.1) is 10.2 Å². The van der Waals surface area contributed by atoms with Gasteiger partial charge in [0.1, 0.15) is 12.4 Å². The van der Waals surface area contributed by atoms with Gasteiger partial charge >= 0.3 is 0 Å². The van der Waals surface area contributed by atoms with Crippen molar-refractivity contribution in [2.75, 3.05) is 14.2 Å². The number of nitrogens with one attached hydrogen (secondary N) is 1. The predicted octanol–water partition coefficient (Wildman–Crippen LogP) is 1.81. The highest BCUT2D eigenvalue weighted by atomic mass is 19.1. The zero-order valence-corrected chi connectivity index (χ0v) is 14.8. The number of tetrazole rings is 1. The number of halogens is 1. The molecule has 0 fully saturated rings. The van der Waals surface area contributed by atoms with E-state index in [-0.39, 0.29) is 18.3 Å². The predicted molar refractivity (Wildman–Crippen MR) is 94.6 cm³/mol. The third kappa shape index (κ3) is 4.57. The van der Waals surface area contributed by atoms with E-state index in [2.05, 4.69) is 20.7 Å². The molecule has 2 aromatic carbocycles. The molecular formula is C18H18FN5O3. The van der Waals surface area contributed by atoms with Crippen molar-refractivity contribution in [2.45, 2.75) is 13.1 Å². The second-order valence-electron chi connectivity index (χ2n) is 5.62. The van der Waals surface area contributed by atoms with E-state index in [9.17, 15) is 9.18 Å². The van der Waals surface area contributed by atoms with Gasteiger partial charge in [-0.05, 0) is 35.0 Å². The van der Waals surface area contributed by atoms with Gasteiger partial charge in [-0.1, -0.05) is 18.2 Å². The number of benzene rings is 2. The molecule has 9 heteroatoms. The lowest BCUT2D eigenvalue weighted by Gasteiger charge is -2.10. The average Bonchev–Trinajstić information content (AvgIpc) is 3.14. The number of methoxy groups -OCH3 is 2. The number of aromatic nitrogens is 4. The van der Waals surface area contributed by atoms with Crippen molar-refractivity contribution in [1.29, 1.82) is 0 Å². The van der Waals surface area contributed by atoms with Crippen LogP contribution in [-0.2, 0) is 17.9 Å². The molecule has 0 aliphatic carbocycles. The Morgan fingerprint density at radius 2 is 1.96 bits per heavy atom. The van der Waals surface area contributed by atoms with Gasteiger partial charge in [0, 0.05) is 12.1 Å². The van der Waals surface area contributed by atoms with Crippen molar-refractivity contribution in [2.24, 2.45) is 0 Å². The van der Waals surface area contributed by atoms with Crippen LogP contribution >= 0.6 is 0 Å². The molecule has 0 aliphatic rings. The number of rotatable bonds is 7. The maximum Gasteiger partial charge on any atom is 0.243 e. The van der Waals surface area contributed by atoms with E-state index < -0.39 is 5.82 Å². The van der Waals surface area contributed by atoms with E-state index >= 15 is 0 Å². The van der Waals surface area contributed by atoms with Crippen LogP contribution in [0.3, 0.4) is 0 Å². The molecule has 0 saturated heterocycles. The largest absolute Gasteiger partial charge is 0.493 e. The van der Waals surface area contributed by atoms with Crippen LogP contribution in [0.25, 0.3) is 11.4 Å². The molecule has 0 atom stereocenters. The van der Waals surface area contributed by atoms with Crippen molar-refractivity contribution >= 4 is 5.91 Å². The summed E-state index contributed by atoms with van der Waals surface area (Å²) in [6, 6.07) is 11.2. The third-order valence-corrected chi connectivity index (χ3v) is 3.76. The molecule has 0 bridgehead atoms. The Kier molecular flexibility index (Phi) is 5.60. The number of hydrogen-bond acceptors (Lipinski definition) is 6. The lowest BCUT2D eigenvalue weighted by molar-refractivity contribution is -0.122. The van der Waals surface area contributed by atoms with Crippen LogP contribution in [0.2, 0.25) is 0 Å². The number of ether oxygens (including phenoxy) is 2. The minimum atomic E-state index is -0.392. The molecule has 0 radical (unpaired) electrons. The van der Waals surface area contributed by atoms with Crippen molar-refractivity contribution in [1.82, 2.24) is 25.5 Å². The molecule has 0 saturated carbocycles. The fourth-order valence-corrected chi connectivity index (χ4v) is 2.43. The van der Waals surface area contributed by atoms with Crippen LogP contribution in [0, 0.1) is 5.82 Å². The van der Waals surface area contributed by atoms with Crippen molar-refractivity contribution in [3.05, 3.63) is 53.8 Å². The molecule has 3 aromatic rings. The van der Waals surface area contributed by atoms with E-state index in [4.69, 9.17) is 9.47 Å². The van der Waals surface area contributed by atoms with Crippen molar-refractivity contribution in [3.63, 3.8) is 0 Å². The standard InChI is InChI=1S/C18H18FN5O3/c1-26-15-7-6-12(8-16(15)27-2)10-20-17(25)11-24-22-18(21-23-24)13-4-3-5-14(19)9-13/h3-9H,10-11H2,1-2H3,(H,20,25). The van der Waals surface area contributed by atoms with Crippen LogP contribution in [0.15, 0.2) is 42.5 Å². The van der Waals surface area contributed by atoms with Crippen molar-refractivity contribution < 1.29 is 18.7 Å². The third-order valence-electron chi connectivity index (χ3n) is 3.76. The Labute approximate surface area is 154 Å². The first kappa shape index (κ1) is 18.3. The molecular weight excluding hydrogens is 353 g/mol. The molecule has 27 heavy (non-hydrogen) atoms. The summed E-state index contributed by atoms with van der Waals surface area (Å²) < 4.78 is 23.7. The molecule has 0 aliphatic heterocycles. The second-order valence-corrected chi connectivity index (χ2v) is 5.62. The minimum absolute atomic E-state index is 0.102. The van der Waals surface area contributed by atoms with Crippen LogP contribution in [0.5, 0.6) is 11.5 Å². The number of hydrogen-bond donors (Lipinski definition) is 1. The molecule has 140 valence electrons. The van der Waals surface area contributed by atoms with Crippen LogP contribution in [0.1, 0.15) is 5.56 Å². The lowest BCUT2D eigenvalue weighted by atomic mass is 10.2. The number of amides is 1. The van der Waals surface area contributed by atoms with Crippen molar-refractivity contribution in [3.8, 4) is 22.9 Å². The van der Waals surface area contributed by atoms with Crippen LogP contribution < -0.4 is 14.8 Å². The van der Waals surface area contributed by atoms with Gasteiger partial charge in [0.05, 0.1) is 14.2 Å². The van der Waals surface area contributed by atoms with Gasteiger partial charge < -0.3 is 14.8 Å². The molecule has 1 amide bonds. The van der Waals surface area contributed by atoms with Gasteiger partial charge in [0.2, 0.25) is 11.7 Å². The maximum atomic E-state index is 13.3. The van der Waals surface area contributed by atoms with Gasteiger partial charge in [-0.25, -0.2) is 4.39 Å². The summed E-state index contributed by atoms with van der Waals surface area (Å²) in [7, 11) is 3.11. The summed E-state index contributed by atoms with van der Waals surface area (Å²) in [6.45, 7) is 0.209. The van der Waals surface area contributed by atoms with E-state index in [1.807, 2.05) is 6.07 Å². The maximum absolute atomic E-state index is 13.3. The highest BCUT2D eigenvalue weighted by Gasteiger charge is 2.10. The lowest BCUT2D eigenvalue weighted by Crippen LogP contribution is -2.28. The van der Waals surface area contributed by atoms with Gasteiger partial charge in [0.15, 0.2) is 11.5 Å². The molecule has 8 nitrogen and oxygen atoms in total. The first-order chi connectivity index (χ1) is 13.1. The average molecular weight is 371 g/mol. The monoisotopic (exact) mass is 371 g/mol. The molecule has 1 aromatic heterocycles. The summed E-state index contributed by atoms with van der Waals surface area (Å²) in [5, 5.41) is 14.5. The first-order valence-corrected chi connectivity index (χ1v) is 8.10. The molecule has 1 heterocycles. The highest BCUT2D eigenvalue weighted by Crippen LogP contribution is 2.27. The van der Waals surface area contributed by atoms with E-state index in [0.29, 0.717) is 23.6 Å². The molecule has 0 unspecified atom stereocenters. The number of carbonyl (C=O) groups excluding carboxylic acids is 1. The normalized spacial score (nSPS) is 10.5. The van der Waals surface area contributed by atoms with E-state index in [0.717, 1.165) is 10.4 Å². The number of nitrogens with zero attached hydrogens (tertiary/aromatic N) is 4. The fraction of sp³-hybridized carbons (Fsp3) is 0.222. The topological polar surface area (TPSA) is 91.2 Å². The van der Waals surface area contributed by atoms with Gasteiger partial charge in [-0.3, -0.25) is 4.79 Å². The summed E-state index contributed by atoms with van der Waals surface area (Å²) in [5.74, 6) is 0.776. The Hall–Kier alpha value is -3.49. The zero-order valence-electron chi connectivity index (χ0n) is 14.8. The Morgan fingerprint density at radius 3 is 2.70 bits per heavy atom. The summed E-state index contributed by atoms with van der Waals surface area (Å²) in [4.78, 5) is 13.3. The fourth-order valence-electron chi connectivity index (χ4n) is 2.43. The summed E-state index contributed by atoms with van der Waals surface area (Å²) in [5.41, 5.74) is 1.35. The van der Waals surface area contributed by atoms with Gasteiger partial charge in [0.25, 0.3) is 0 Å². The summed E-state index contributed by atoms with van der Waals surface area (Å²) >= 11 is 0. The number of carbonyl (C=O) groups is 1.